The molecule has 12 atom stereocenters. The average Bonchev–Trinajstić information content (AvgIpc) is 0.734. The van der Waals surface area contributed by atoms with E-state index in [1.54, 1.807) is 0 Å². The van der Waals surface area contributed by atoms with E-state index in [1.165, 1.54) is 83.5 Å². The van der Waals surface area contributed by atoms with Crippen molar-refractivity contribution in [3.8, 4) is 0 Å². The molecular formula is C105H92. The fourth-order valence-electron chi connectivity index (χ4n) is 18.6. The van der Waals surface area contributed by atoms with Gasteiger partial charge in [0, 0.05) is 0 Å². The monoisotopic (exact) mass is 1350 g/mol. The predicted molar refractivity (Wildman–Crippen MR) is 440 cm³/mol. The Labute approximate surface area is 624 Å². The smallest absolute Gasteiger partial charge is 0.00120 e. The van der Waals surface area contributed by atoms with Crippen LogP contribution in [0.25, 0.3) is 0 Å². The normalized spacial score (nSPS) is 15.2. The summed E-state index contributed by atoms with van der Waals surface area (Å²) in [5.74, 6) is -1.48. The van der Waals surface area contributed by atoms with Gasteiger partial charge in [0.15, 0.2) is 0 Å². The van der Waals surface area contributed by atoms with Crippen molar-refractivity contribution in [2.75, 3.05) is 0 Å². The van der Waals surface area contributed by atoms with Gasteiger partial charge in [0.1, 0.15) is 0 Å². The maximum absolute atomic E-state index is 2.50. The number of rotatable bonds is 29. The topological polar surface area (TPSA) is 0 Å². The molecule has 105 heavy (non-hydrogen) atoms. The van der Waals surface area contributed by atoms with E-state index in [4.69, 9.17) is 0 Å². The second kappa shape index (κ2) is 34.5. The fraction of sp³-hybridized carbons (Fsp3) is 0.143. The highest BCUT2D eigenvalue weighted by atomic mass is 14.5. The molecule has 15 aromatic carbocycles. The predicted octanol–water partition coefficient (Wildman–Crippen LogP) is 26.7. The van der Waals surface area contributed by atoms with Crippen LogP contribution >= 0.6 is 0 Å². The van der Waals surface area contributed by atoms with Crippen LogP contribution in [0.5, 0.6) is 0 Å². The molecule has 0 heteroatoms. The Morgan fingerprint density at radius 1 is 0.105 bits per heavy atom. The standard InChI is InChI=1S/C105H92/c1-16-46-78(47-17-1)76-93(80-50-20-3-21-51-80)95(82-54-24-5-25-55-82)97(84-58-28-7-29-59-84)99(86-62-32-9-33-63-86)101(88-66-36-11-37-67-88)103(90-70-40-13-41-71-90)105(92-74-44-15-45-75-92)104(91-72-42-14-43-73-91)102(89-68-38-12-39-69-89)100(87-64-34-10-35-65-87)98(85-60-30-8-31-61-85)96(83-56-26-6-27-57-83)94(81-52-22-4-23-53-81)77-79-48-18-2-19-49-79/h1-75,93-105H,76-77H2. The van der Waals surface area contributed by atoms with E-state index in [9.17, 15) is 0 Å². The lowest BCUT2D eigenvalue weighted by atomic mass is 9.52. The number of hydrogen-bond donors (Lipinski definition) is 0. The van der Waals surface area contributed by atoms with E-state index < -0.39 is 0 Å². The molecule has 0 fully saturated rings. The van der Waals surface area contributed by atoms with E-state index in [-0.39, 0.29) is 76.9 Å². The first-order valence-electron chi connectivity index (χ1n) is 37.9. The molecule has 0 aliphatic heterocycles. The Morgan fingerprint density at radius 3 is 0.352 bits per heavy atom. The molecule has 512 valence electrons. The Kier molecular flexibility index (Phi) is 22.7. The van der Waals surface area contributed by atoms with Crippen LogP contribution in [0.3, 0.4) is 0 Å². The summed E-state index contributed by atoms with van der Waals surface area (Å²) in [6.45, 7) is 0. The lowest BCUT2D eigenvalue weighted by Crippen LogP contribution is -2.37. The van der Waals surface area contributed by atoms with Crippen LogP contribution in [-0.4, -0.2) is 0 Å². The molecule has 0 aromatic heterocycles. The van der Waals surface area contributed by atoms with Gasteiger partial charge in [0.25, 0.3) is 0 Å². The summed E-state index contributed by atoms with van der Waals surface area (Å²) in [7, 11) is 0. The Hall–Kier alpha value is -11.7. The minimum absolute atomic E-state index is 0.0429. The third-order valence-corrected chi connectivity index (χ3v) is 22.8. The molecule has 12 unspecified atom stereocenters. The Balaban J connectivity index is 1.07. The first-order chi connectivity index (χ1) is 52.2. The van der Waals surface area contributed by atoms with E-state index in [0.717, 1.165) is 12.8 Å². The van der Waals surface area contributed by atoms with E-state index >= 15 is 0 Å². The van der Waals surface area contributed by atoms with Gasteiger partial charge in [-0.2, -0.15) is 0 Å². The highest BCUT2D eigenvalue weighted by molar-refractivity contribution is 5.51. The van der Waals surface area contributed by atoms with Crippen molar-refractivity contribution in [3.05, 3.63) is 538 Å². The SMILES string of the molecule is c1ccc(CC(c2ccccc2)C(c2ccccc2)C(c2ccccc2)C(c2ccccc2)C(c2ccccc2)C(c2ccccc2)C(c2ccccc2)C(c2ccccc2)C(c2ccccc2)C(c2ccccc2)C(c2ccccc2)C(c2ccccc2)C(Cc2ccccc2)c2ccccc2)cc1. The fourth-order valence-corrected chi connectivity index (χ4v) is 18.6. The van der Waals surface area contributed by atoms with Gasteiger partial charge in [0.2, 0.25) is 0 Å². The van der Waals surface area contributed by atoms with Crippen LogP contribution in [0.2, 0.25) is 0 Å². The minimum atomic E-state index is -0.203. The molecule has 15 rings (SSSR count). The summed E-state index contributed by atoms with van der Waals surface area (Å²) < 4.78 is 0. The van der Waals surface area contributed by atoms with Crippen LogP contribution in [0.1, 0.15) is 160 Å². The zero-order valence-electron chi connectivity index (χ0n) is 59.7. The molecule has 0 saturated heterocycles. The largest absolute Gasteiger partial charge is 0.0622 e. The first kappa shape index (κ1) is 69.0. The Morgan fingerprint density at radius 2 is 0.210 bits per heavy atom. The molecule has 0 aliphatic rings. The van der Waals surface area contributed by atoms with Crippen molar-refractivity contribution in [1.82, 2.24) is 0 Å². The first-order valence-corrected chi connectivity index (χ1v) is 37.9. The zero-order valence-corrected chi connectivity index (χ0v) is 59.7. The lowest BCUT2D eigenvalue weighted by Gasteiger charge is -2.51. The number of benzene rings is 15. The van der Waals surface area contributed by atoms with Crippen LogP contribution < -0.4 is 0 Å². The van der Waals surface area contributed by atoms with Crippen LogP contribution in [0.15, 0.2) is 455 Å². The van der Waals surface area contributed by atoms with Gasteiger partial charge >= 0.3 is 0 Å². The second-order valence-electron chi connectivity index (χ2n) is 28.7. The molecule has 0 saturated carbocycles. The lowest BCUT2D eigenvalue weighted by molar-refractivity contribution is 0.261. The van der Waals surface area contributed by atoms with Gasteiger partial charge < -0.3 is 0 Å². The van der Waals surface area contributed by atoms with Gasteiger partial charge in [0.05, 0.1) is 0 Å². The maximum Gasteiger partial charge on any atom is -0.00120 e. The molecule has 0 amide bonds. The highest BCUT2D eigenvalue weighted by Crippen LogP contribution is 2.66. The van der Waals surface area contributed by atoms with Crippen LogP contribution in [-0.2, 0) is 12.8 Å². The van der Waals surface area contributed by atoms with Crippen molar-refractivity contribution in [1.29, 1.82) is 0 Å². The van der Waals surface area contributed by atoms with Gasteiger partial charge in [-0.3, -0.25) is 0 Å². The van der Waals surface area contributed by atoms with Gasteiger partial charge in [-0.1, -0.05) is 455 Å². The van der Waals surface area contributed by atoms with E-state index in [0.29, 0.717) is 0 Å². The summed E-state index contributed by atoms with van der Waals surface area (Å²) in [5.41, 5.74) is 19.8. The van der Waals surface area contributed by atoms with Gasteiger partial charge in [-0.15, -0.1) is 0 Å². The third kappa shape index (κ3) is 16.1. The van der Waals surface area contributed by atoms with Crippen LogP contribution in [0, 0.1) is 0 Å². The summed E-state index contributed by atoms with van der Waals surface area (Å²) in [6.07, 6.45) is 1.69. The third-order valence-electron chi connectivity index (χ3n) is 22.8. The van der Waals surface area contributed by atoms with E-state index in [1.807, 2.05) is 0 Å². The molecule has 0 radical (unpaired) electrons. The Bertz CT molecular complexity index is 4640. The van der Waals surface area contributed by atoms with Crippen molar-refractivity contribution in [2.24, 2.45) is 0 Å². The summed E-state index contributed by atoms with van der Waals surface area (Å²) >= 11 is 0. The minimum Gasteiger partial charge on any atom is -0.0622 e. The van der Waals surface area contributed by atoms with Crippen molar-refractivity contribution >= 4 is 0 Å². The van der Waals surface area contributed by atoms with Crippen molar-refractivity contribution < 1.29 is 0 Å². The summed E-state index contributed by atoms with van der Waals surface area (Å²) in [4.78, 5) is 0. The molecule has 0 nitrogen and oxygen atoms in total. The second-order valence-corrected chi connectivity index (χ2v) is 28.7. The number of hydrogen-bond acceptors (Lipinski definition) is 0. The quantitative estimate of drug-likeness (QED) is 0.0438. The summed E-state index contributed by atoms with van der Waals surface area (Å²) in [5, 5.41) is 0. The molecular weight excluding hydrogens is 1260 g/mol. The van der Waals surface area contributed by atoms with Crippen LogP contribution in [0.4, 0.5) is 0 Å². The maximum atomic E-state index is 2.50. The highest BCUT2D eigenvalue weighted by Gasteiger charge is 2.52. The van der Waals surface area contributed by atoms with Gasteiger partial charge in [-0.25, -0.2) is 0 Å². The average molecular weight is 1350 g/mol. The molecule has 0 aliphatic carbocycles. The molecule has 15 aromatic rings. The molecule has 0 spiro atoms. The molecule has 0 N–H and O–H groups in total. The zero-order chi connectivity index (χ0) is 70.6. The van der Waals surface area contributed by atoms with Crippen molar-refractivity contribution in [2.45, 2.75) is 89.8 Å². The van der Waals surface area contributed by atoms with Gasteiger partial charge in [-0.05, 0) is 173 Å². The molecule has 0 bridgehead atoms. The van der Waals surface area contributed by atoms with E-state index in [2.05, 4.69) is 455 Å². The summed E-state index contributed by atoms with van der Waals surface area (Å²) in [6, 6.07) is 175. The molecule has 0 heterocycles. The van der Waals surface area contributed by atoms with Crippen molar-refractivity contribution in [3.63, 3.8) is 0 Å².